The molecule has 8 heteroatoms. The minimum Gasteiger partial charge on any atom is -0.493 e. The second-order valence-electron chi connectivity index (χ2n) is 9.27. The van der Waals surface area contributed by atoms with Crippen molar-refractivity contribution >= 4 is 17.7 Å². The maximum Gasteiger partial charge on any atom is 0.274 e. The molecule has 0 bridgehead atoms. The SMILES string of the molecule is COc1cc(C(=O)N2N=C3/C(=C/c4ccc(F)cc4)CCC[C@H]3[C@@H]2c2ccc(F)cc2)cc(OC)c1OC. The Balaban J connectivity index is 1.60. The molecule has 3 aromatic rings. The maximum atomic E-state index is 14.0. The van der Waals surface area contributed by atoms with Crippen molar-refractivity contribution in [3.8, 4) is 17.2 Å². The molecule has 1 aliphatic carbocycles. The van der Waals surface area contributed by atoms with Gasteiger partial charge >= 0.3 is 0 Å². The highest BCUT2D eigenvalue weighted by atomic mass is 19.1. The van der Waals surface area contributed by atoms with Gasteiger partial charge in [-0.1, -0.05) is 24.3 Å². The number of fused-ring (bicyclic) bond motifs is 1. The molecule has 0 unspecified atom stereocenters. The minimum atomic E-state index is -0.422. The van der Waals surface area contributed by atoms with Crippen LogP contribution in [-0.4, -0.2) is 38.0 Å². The van der Waals surface area contributed by atoms with Crippen LogP contribution in [-0.2, 0) is 0 Å². The van der Waals surface area contributed by atoms with Crippen molar-refractivity contribution in [1.82, 2.24) is 5.01 Å². The molecule has 2 atom stereocenters. The van der Waals surface area contributed by atoms with Crippen molar-refractivity contribution in [3.63, 3.8) is 0 Å². The van der Waals surface area contributed by atoms with E-state index in [2.05, 4.69) is 0 Å². The second kappa shape index (κ2) is 10.7. The summed E-state index contributed by atoms with van der Waals surface area (Å²) < 4.78 is 43.6. The van der Waals surface area contributed by atoms with Gasteiger partial charge in [-0.3, -0.25) is 4.79 Å². The summed E-state index contributed by atoms with van der Waals surface area (Å²) in [5.74, 6) is 0.0201. The Morgan fingerprint density at radius 2 is 1.53 bits per heavy atom. The van der Waals surface area contributed by atoms with Gasteiger partial charge in [-0.05, 0) is 78.4 Å². The van der Waals surface area contributed by atoms with E-state index in [1.807, 2.05) is 6.08 Å². The predicted molar refractivity (Wildman–Crippen MR) is 141 cm³/mol. The molecule has 38 heavy (non-hydrogen) atoms. The van der Waals surface area contributed by atoms with Crippen LogP contribution in [0.25, 0.3) is 6.08 Å². The number of methoxy groups -OCH3 is 3. The minimum absolute atomic E-state index is 0.0769. The van der Waals surface area contributed by atoms with Gasteiger partial charge in [0.15, 0.2) is 11.5 Å². The van der Waals surface area contributed by atoms with Crippen LogP contribution >= 0.6 is 0 Å². The quantitative estimate of drug-likeness (QED) is 0.378. The number of benzene rings is 3. The molecule has 0 N–H and O–H groups in total. The van der Waals surface area contributed by atoms with Crippen LogP contribution in [0.3, 0.4) is 0 Å². The summed E-state index contributed by atoms with van der Waals surface area (Å²) in [7, 11) is 4.48. The fourth-order valence-corrected chi connectivity index (χ4v) is 5.26. The number of ether oxygens (including phenoxy) is 3. The third kappa shape index (κ3) is 4.74. The lowest BCUT2D eigenvalue weighted by Crippen LogP contribution is -2.32. The Kier molecular flexibility index (Phi) is 7.13. The summed E-state index contributed by atoms with van der Waals surface area (Å²) in [5.41, 5.74) is 3.78. The van der Waals surface area contributed by atoms with E-state index < -0.39 is 6.04 Å². The number of amides is 1. The number of hydrogen-bond donors (Lipinski definition) is 0. The topological polar surface area (TPSA) is 60.4 Å². The summed E-state index contributed by atoms with van der Waals surface area (Å²) in [6, 6.07) is 15.3. The van der Waals surface area contributed by atoms with E-state index in [0.717, 1.165) is 41.7 Å². The summed E-state index contributed by atoms with van der Waals surface area (Å²) >= 11 is 0. The lowest BCUT2D eigenvalue weighted by atomic mass is 9.77. The lowest BCUT2D eigenvalue weighted by molar-refractivity contribution is 0.0680. The van der Waals surface area contributed by atoms with Crippen LogP contribution in [0.2, 0.25) is 0 Å². The molecule has 1 aliphatic heterocycles. The zero-order valence-electron chi connectivity index (χ0n) is 21.4. The number of carbonyl (C=O) groups excluding carboxylic acids is 1. The summed E-state index contributed by atoms with van der Waals surface area (Å²) in [6.45, 7) is 0. The average molecular weight is 519 g/mol. The number of allylic oxidation sites excluding steroid dienone is 1. The molecule has 0 spiro atoms. The van der Waals surface area contributed by atoms with Crippen molar-refractivity contribution in [3.05, 3.63) is 94.6 Å². The normalized spacial score (nSPS) is 19.7. The largest absolute Gasteiger partial charge is 0.493 e. The second-order valence-corrected chi connectivity index (χ2v) is 9.27. The van der Waals surface area contributed by atoms with Crippen LogP contribution in [0.4, 0.5) is 8.78 Å². The van der Waals surface area contributed by atoms with Gasteiger partial charge in [0.2, 0.25) is 5.75 Å². The molecule has 1 amide bonds. The number of rotatable bonds is 6. The van der Waals surface area contributed by atoms with Gasteiger partial charge in [-0.25, -0.2) is 13.8 Å². The van der Waals surface area contributed by atoms with Gasteiger partial charge in [0.25, 0.3) is 5.91 Å². The van der Waals surface area contributed by atoms with Crippen LogP contribution in [0.1, 0.15) is 46.8 Å². The molecule has 0 radical (unpaired) electrons. The van der Waals surface area contributed by atoms with E-state index in [1.165, 1.54) is 50.6 Å². The van der Waals surface area contributed by atoms with E-state index in [-0.39, 0.29) is 23.5 Å². The summed E-state index contributed by atoms with van der Waals surface area (Å²) in [5, 5.41) is 6.35. The zero-order valence-corrected chi connectivity index (χ0v) is 21.4. The van der Waals surface area contributed by atoms with Crippen molar-refractivity contribution in [2.24, 2.45) is 11.0 Å². The highest BCUT2D eigenvalue weighted by Gasteiger charge is 2.44. The molecule has 6 nitrogen and oxygen atoms in total. The van der Waals surface area contributed by atoms with E-state index >= 15 is 0 Å². The van der Waals surface area contributed by atoms with Crippen molar-refractivity contribution in [1.29, 1.82) is 0 Å². The first kappa shape index (κ1) is 25.4. The fourth-order valence-electron chi connectivity index (χ4n) is 5.26. The first-order valence-corrected chi connectivity index (χ1v) is 12.4. The number of halogens is 2. The Labute approximate surface area is 220 Å². The van der Waals surface area contributed by atoms with E-state index in [0.29, 0.717) is 22.8 Å². The van der Waals surface area contributed by atoms with Gasteiger partial charge in [-0.2, -0.15) is 5.10 Å². The Morgan fingerprint density at radius 1 is 0.921 bits per heavy atom. The smallest absolute Gasteiger partial charge is 0.274 e. The Hall–Kier alpha value is -4.20. The fraction of sp³-hybridized carbons (Fsp3) is 0.267. The Morgan fingerprint density at radius 3 is 2.11 bits per heavy atom. The molecular weight excluding hydrogens is 490 g/mol. The lowest BCUT2D eigenvalue weighted by Gasteiger charge is -2.30. The monoisotopic (exact) mass is 518 g/mol. The first-order valence-electron chi connectivity index (χ1n) is 12.4. The average Bonchev–Trinajstić information content (AvgIpc) is 3.34. The molecule has 1 heterocycles. The zero-order chi connectivity index (χ0) is 26.8. The Bertz CT molecular complexity index is 1380. The van der Waals surface area contributed by atoms with Gasteiger partial charge in [0.05, 0.1) is 33.1 Å². The van der Waals surface area contributed by atoms with Crippen molar-refractivity contribution in [2.45, 2.75) is 25.3 Å². The predicted octanol–water partition coefficient (Wildman–Crippen LogP) is 6.43. The molecule has 0 aromatic heterocycles. The number of carbonyl (C=O) groups is 1. The van der Waals surface area contributed by atoms with Crippen LogP contribution in [0.5, 0.6) is 17.2 Å². The van der Waals surface area contributed by atoms with Crippen molar-refractivity contribution in [2.75, 3.05) is 21.3 Å². The molecule has 1 saturated carbocycles. The standard InChI is InChI=1S/C30H28F2N2O4/c1-36-25-16-21(17-26(37-2)29(25)38-3)30(35)34-28(19-9-13-23(32)14-10-19)24-6-4-5-20(27(24)33-34)15-18-7-11-22(31)12-8-18/h7-17,24,28H,4-6H2,1-3H3/b20-15+/t24-,28+/m1/s1. The highest BCUT2D eigenvalue weighted by Crippen LogP contribution is 2.46. The van der Waals surface area contributed by atoms with Crippen LogP contribution in [0, 0.1) is 17.6 Å². The highest BCUT2D eigenvalue weighted by molar-refractivity contribution is 6.09. The third-order valence-corrected chi connectivity index (χ3v) is 7.04. The van der Waals surface area contributed by atoms with Gasteiger partial charge in [0, 0.05) is 11.5 Å². The number of nitrogens with zero attached hydrogens (tertiary/aromatic N) is 2. The van der Waals surface area contributed by atoms with Gasteiger partial charge in [-0.15, -0.1) is 0 Å². The number of hydrazone groups is 1. The summed E-state index contributed by atoms with van der Waals surface area (Å²) in [4.78, 5) is 14.0. The van der Waals surface area contributed by atoms with Gasteiger partial charge in [0.1, 0.15) is 11.6 Å². The molecule has 3 aromatic carbocycles. The molecule has 5 rings (SSSR count). The van der Waals surface area contributed by atoms with E-state index in [1.54, 1.807) is 36.4 Å². The van der Waals surface area contributed by atoms with Crippen molar-refractivity contribution < 1.29 is 27.8 Å². The first-order chi connectivity index (χ1) is 18.4. The molecule has 1 fully saturated rings. The molecule has 0 saturated heterocycles. The molecule has 2 aliphatic rings. The molecular formula is C30H28F2N2O4. The number of hydrogen-bond acceptors (Lipinski definition) is 5. The summed E-state index contributed by atoms with van der Waals surface area (Å²) in [6.07, 6.45) is 4.51. The maximum absolute atomic E-state index is 14.0. The van der Waals surface area contributed by atoms with Crippen LogP contribution < -0.4 is 14.2 Å². The van der Waals surface area contributed by atoms with E-state index in [4.69, 9.17) is 19.3 Å². The van der Waals surface area contributed by atoms with Crippen LogP contribution in [0.15, 0.2) is 71.3 Å². The van der Waals surface area contributed by atoms with Gasteiger partial charge < -0.3 is 14.2 Å². The van der Waals surface area contributed by atoms with E-state index in [9.17, 15) is 13.6 Å². The molecule has 196 valence electrons. The third-order valence-electron chi connectivity index (χ3n) is 7.04.